The number of halogens is 5. The third kappa shape index (κ3) is 6.49. The van der Waals surface area contributed by atoms with E-state index in [2.05, 4.69) is 0 Å². The molecule has 0 atom stereocenters. The number of non-ortho nitro benzene ring substituents is 1. The number of alkyl halides is 3. The molecule has 0 N–H and O–H groups in total. The summed E-state index contributed by atoms with van der Waals surface area (Å²) in [5, 5.41) is 12.1. The lowest BCUT2D eigenvalue weighted by Crippen LogP contribution is -2.50. The quantitative estimate of drug-likeness (QED) is 0.240. The Kier molecular flexibility index (Phi) is 8.47. The molecule has 0 saturated carbocycles. The van der Waals surface area contributed by atoms with Crippen molar-refractivity contribution in [2.24, 2.45) is 0 Å². The molecule has 0 spiro atoms. The van der Waals surface area contributed by atoms with Crippen LogP contribution in [0.15, 0.2) is 75.4 Å². The lowest BCUT2D eigenvalue weighted by atomic mass is 10.1. The van der Waals surface area contributed by atoms with Crippen molar-refractivity contribution in [3.8, 4) is 0 Å². The Balaban J connectivity index is 1.56. The van der Waals surface area contributed by atoms with Crippen LogP contribution in [0.25, 0.3) is 0 Å². The van der Waals surface area contributed by atoms with Crippen LogP contribution in [-0.2, 0) is 16.2 Å². The Labute approximate surface area is 235 Å². The predicted octanol–water partition coefficient (Wildman–Crippen LogP) is 6.22. The molecule has 39 heavy (non-hydrogen) atoms. The molecule has 15 heteroatoms. The summed E-state index contributed by atoms with van der Waals surface area (Å²) in [4.78, 5) is 25.2. The standard InChI is InChI=1S/C24H18Cl2F3N3O5S2/c25-17-5-7-19(26)21(13-17)38-20-8-6-18(32(34)35)14-22(20)39(36,37)31-11-9-30(10-12-31)23(33)15-1-3-16(4-2-15)24(27,28)29/h1-8,13-14H,9-12H2. The van der Waals surface area contributed by atoms with Gasteiger partial charge in [-0.05, 0) is 48.5 Å². The lowest BCUT2D eigenvalue weighted by molar-refractivity contribution is -0.385. The molecule has 0 unspecified atom stereocenters. The maximum absolute atomic E-state index is 13.6. The number of rotatable bonds is 6. The van der Waals surface area contributed by atoms with Crippen LogP contribution in [0.1, 0.15) is 15.9 Å². The van der Waals surface area contributed by atoms with Crippen molar-refractivity contribution in [3.05, 3.63) is 92.0 Å². The Hall–Kier alpha value is -2.84. The average molecular weight is 620 g/mol. The molecular weight excluding hydrogens is 602 g/mol. The first-order valence-electron chi connectivity index (χ1n) is 11.2. The maximum atomic E-state index is 13.6. The lowest BCUT2D eigenvalue weighted by Gasteiger charge is -2.34. The Morgan fingerprint density at radius 1 is 0.923 bits per heavy atom. The molecule has 8 nitrogen and oxygen atoms in total. The maximum Gasteiger partial charge on any atom is 0.416 e. The second-order valence-corrected chi connectivity index (χ2v) is 12.2. The van der Waals surface area contributed by atoms with Crippen LogP contribution in [0.4, 0.5) is 18.9 Å². The zero-order valence-electron chi connectivity index (χ0n) is 19.7. The first-order valence-corrected chi connectivity index (χ1v) is 14.2. The SMILES string of the molecule is O=C(c1ccc(C(F)(F)F)cc1)N1CCN(S(=O)(=O)c2cc([N+](=O)[O-])ccc2Sc2cc(Cl)ccc2Cl)CC1. The van der Waals surface area contributed by atoms with Gasteiger partial charge in [0, 0.05) is 58.7 Å². The van der Waals surface area contributed by atoms with Crippen molar-refractivity contribution in [2.45, 2.75) is 20.9 Å². The molecule has 1 amide bonds. The van der Waals surface area contributed by atoms with Crippen molar-refractivity contribution in [1.82, 2.24) is 9.21 Å². The van der Waals surface area contributed by atoms with E-state index in [0.717, 1.165) is 46.4 Å². The second kappa shape index (κ2) is 11.3. The van der Waals surface area contributed by atoms with Gasteiger partial charge in [-0.3, -0.25) is 14.9 Å². The van der Waals surface area contributed by atoms with Gasteiger partial charge in [0.15, 0.2) is 0 Å². The van der Waals surface area contributed by atoms with Crippen LogP contribution >= 0.6 is 35.0 Å². The number of carbonyl (C=O) groups is 1. The summed E-state index contributed by atoms with van der Waals surface area (Å²) in [5.74, 6) is -0.539. The monoisotopic (exact) mass is 619 g/mol. The summed E-state index contributed by atoms with van der Waals surface area (Å²) < 4.78 is 66.8. The van der Waals surface area contributed by atoms with E-state index in [1.807, 2.05) is 0 Å². The van der Waals surface area contributed by atoms with Crippen LogP contribution < -0.4 is 0 Å². The number of benzene rings is 3. The Bertz CT molecular complexity index is 1530. The van der Waals surface area contributed by atoms with E-state index in [-0.39, 0.29) is 41.5 Å². The average Bonchev–Trinajstić information content (AvgIpc) is 2.90. The van der Waals surface area contributed by atoms with Gasteiger partial charge in [0.05, 0.1) is 15.5 Å². The summed E-state index contributed by atoms with van der Waals surface area (Å²) in [6.45, 7) is -0.313. The first-order chi connectivity index (χ1) is 18.3. The van der Waals surface area contributed by atoms with Gasteiger partial charge in [-0.1, -0.05) is 35.0 Å². The minimum atomic E-state index is -4.54. The molecule has 3 aromatic carbocycles. The highest BCUT2D eigenvalue weighted by Gasteiger charge is 2.34. The third-order valence-corrected chi connectivity index (χ3v) is 9.73. The molecule has 0 radical (unpaired) electrons. The minimum Gasteiger partial charge on any atom is -0.336 e. The third-order valence-electron chi connectivity index (χ3n) is 5.85. The number of piperazine rings is 1. The fraction of sp³-hybridized carbons (Fsp3) is 0.208. The summed E-state index contributed by atoms with van der Waals surface area (Å²) in [6.07, 6.45) is -4.54. The van der Waals surface area contributed by atoms with Crippen LogP contribution in [-0.4, -0.2) is 54.6 Å². The minimum absolute atomic E-state index is 0.0311. The van der Waals surface area contributed by atoms with Gasteiger partial charge >= 0.3 is 6.18 Å². The first kappa shape index (κ1) is 29.2. The molecule has 1 aliphatic rings. The Morgan fingerprint density at radius 2 is 1.56 bits per heavy atom. The number of nitrogens with zero attached hydrogens (tertiary/aromatic N) is 3. The van der Waals surface area contributed by atoms with Crippen molar-refractivity contribution in [3.63, 3.8) is 0 Å². The number of hydrogen-bond donors (Lipinski definition) is 0. The smallest absolute Gasteiger partial charge is 0.336 e. The van der Waals surface area contributed by atoms with E-state index < -0.39 is 38.3 Å². The molecule has 1 fully saturated rings. The van der Waals surface area contributed by atoms with Gasteiger partial charge in [-0.15, -0.1) is 0 Å². The van der Waals surface area contributed by atoms with E-state index in [1.165, 1.54) is 23.1 Å². The highest BCUT2D eigenvalue weighted by atomic mass is 35.5. The number of nitro groups is 1. The van der Waals surface area contributed by atoms with Crippen molar-refractivity contribution in [2.75, 3.05) is 26.2 Å². The molecule has 0 bridgehead atoms. The molecule has 1 heterocycles. The van der Waals surface area contributed by atoms with Gasteiger partial charge in [0.1, 0.15) is 4.90 Å². The van der Waals surface area contributed by atoms with Crippen LogP contribution in [0.5, 0.6) is 0 Å². The molecule has 206 valence electrons. The van der Waals surface area contributed by atoms with Gasteiger partial charge < -0.3 is 4.90 Å². The summed E-state index contributed by atoms with van der Waals surface area (Å²) in [7, 11) is -4.26. The largest absolute Gasteiger partial charge is 0.416 e. The number of sulfonamides is 1. The molecule has 0 aliphatic carbocycles. The second-order valence-electron chi connectivity index (χ2n) is 8.34. The molecule has 3 aromatic rings. The van der Waals surface area contributed by atoms with Gasteiger partial charge in [0.25, 0.3) is 11.6 Å². The van der Waals surface area contributed by atoms with Gasteiger partial charge in [0.2, 0.25) is 10.0 Å². The van der Waals surface area contributed by atoms with Crippen LogP contribution in [0.3, 0.4) is 0 Å². The van der Waals surface area contributed by atoms with Crippen LogP contribution in [0.2, 0.25) is 10.0 Å². The molecule has 0 aromatic heterocycles. The highest BCUT2D eigenvalue weighted by molar-refractivity contribution is 8.00. The number of amides is 1. The topological polar surface area (TPSA) is 101 Å². The number of carbonyl (C=O) groups excluding carboxylic acids is 1. The van der Waals surface area contributed by atoms with Gasteiger partial charge in [-0.2, -0.15) is 17.5 Å². The summed E-state index contributed by atoms with van der Waals surface area (Å²) >= 11 is 13.3. The van der Waals surface area contributed by atoms with Gasteiger partial charge in [-0.25, -0.2) is 8.42 Å². The number of hydrogen-bond acceptors (Lipinski definition) is 6. The van der Waals surface area contributed by atoms with E-state index >= 15 is 0 Å². The highest BCUT2D eigenvalue weighted by Crippen LogP contribution is 2.40. The predicted molar refractivity (Wildman–Crippen MR) is 140 cm³/mol. The van der Waals surface area contributed by atoms with E-state index in [1.54, 1.807) is 12.1 Å². The Morgan fingerprint density at radius 3 is 2.15 bits per heavy atom. The van der Waals surface area contributed by atoms with Crippen molar-refractivity contribution in [1.29, 1.82) is 0 Å². The molecule has 4 rings (SSSR count). The summed E-state index contributed by atoms with van der Waals surface area (Å²) in [6, 6.07) is 11.9. The zero-order valence-corrected chi connectivity index (χ0v) is 22.8. The van der Waals surface area contributed by atoms with Crippen molar-refractivity contribution < 1.29 is 31.3 Å². The fourth-order valence-corrected chi connectivity index (χ4v) is 7.13. The fourth-order valence-electron chi connectivity index (χ4n) is 3.83. The zero-order chi connectivity index (χ0) is 28.5. The molecule has 1 aliphatic heterocycles. The normalized spacial score (nSPS) is 14.8. The van der Waals surface area contributed by atoms with E-state index in [9.17, 15) is 36.5 Å². The van der Waals surface area contributed by atoms with E-state index in [4.69, 9.17) is 23.2 Å². The number of nitro benzene ring substituents is 1. The molecular formula is C24H18Cl2F3N3O5S2. The summed E-state index contributed by atoms with van der Waals surface area (Å²) in [5.41, 5.74) is -1.28. The van der Waals surface area contributed by atoms with Crippen molar-refractivity contribution >= 4 is 56.6 Å². The van der Waals surface area contributed by atoms with Crippen LogP contribution in [0, 0.1) is 10.1 Å². The molecule has 1 saturated heterocycles. The van der Waals surface area contributed by atoms with E-state index in [0.29, 0.717) is 14.9 Å².